The van der Waals surface area contributed by atoms with E-state index in [2.05, 4.69) is 66.1 Å². The van der Waals surface area contributed by atoms with Crippen LogP contribution in [0.3, 0.4) is 0 Å². The molecule has 158 valence electrons. The molecule has 5 rings (SSSR count). The predicted octanol–water partition coefficient (Wildman–Crippen LogP) is 4.64. The van der Waals surface area contributed by atoms with E-state index in [9.17, 15) is 4.79 Å². The molecule has 2 aliphatic heterocycles. The van der Waals surface area contributed by atoms with E-state index in [0.29, 0.717) is 5.92 Å². The zero-order chi connectivity index (χ0) is 21.4. The number of piperazine rings is 1. The second-order valence-corrected chi connectivity index (χ2v) is 8.32. The topological polar surface area (TPSA) is 53.6 Å². The predicted molar refractivity (Wildman–Crippen MR) is 124 cm³/mol. The number of fused-ring (bicyclic) bond motifs is 2. The molecule has 2 bridgehead atoms. The van der Waals surface area contributed by atoms with Crippen LogP contribution in [-0.2, 0) is 0 Å². The first-order chi connectivity index (χ1) is 15.2. The molecule has 2 fully saturated rings. The van der Waals surface area contributed by atoms with Crippen molar-refractivity contribution in [2.45, 2.75) is 24.9 Å². The molecule has 0 spiro atoms. The largest absolute Gasteiger partial charge is 0.497 e. The third-order valence-electron chi connectivity index (χ3n) is 6.58. The van der Waals surface area contributed by atoms with E-state index in [1.807, 2.05) is 29.2 Å². The van der Waals surface area contributed by atoms with Crippen molar-refractivity contribution < 1.29 is 9.53 Å². The summed E-state index contributed by atoms with van der Waals surface area (Å²) in [6.07, 6.45) is 0. The molecule has 2 N–H and O–H groups in total. The molecule has 2 amide bonds. The molecule has 3 aromatic rings. The van der Waals surface area contributed by atoms with Crippen molar-refractivity contribution in [1.29, 1.82) is 0 Å². The van der Waals surface area contributed by atoms with Crippen LogP contribution < -0.4 is 15.4 Å². The van der Waals surface area contributed by atoms with Gasteiger partial charge >= 0.3 is 6.03 Å². The molecule has 2 saturated heterocycles. The highest BCUT2D eigenvalue weighted by Crippen LogP contribution is 2.43. The molecule has 5 nitrogen and oxygen atoms in total. The highest BCUT2D eigenvalue weighted by atomic mass is 16.5. The second-order valence-electron chi connectivity index (χ2n) is 8.32. The summed E-state index contributed by atoms with van der Waals surface area (Å²) in [5, 5.41) is 6.49. The molecule has 3 atom stereocenters. The molecule has 0 saturated carbocycles. The molecular formula is C26H27N3O2. The highest BCUT2D eigenvalue weighted by molar-refractivity contribution is 5.91. The molecule has 0 aromatic heterocycles. The lowest BCUT2D eigenvalue weighted by Gasteiger charge is -2.59. The third kappa shape index (κ3) is 3.55. The van der Waals surface area contributed by atoms with Gasteiger partial charge in [-0.2, -0.15) is 0 Å². The number of carbonyl (C=O) groups is 1. The van der Waals surface area contributed by atoms with Gasteiger partial charge in [0.05, 0.1) is 19.2 Å². The monoisotopic (exact) mass is 413 g/mol. The fourth-order valence-corrected chi connectivity index (χ4v) is 4.97. The van der Waals surface area contributed by atoms with Crippen molar-refractivity contribution in [2.75, 3.05) is 25.5 Å². The SMILES string of the molecule is COc1ccc(NC(=O)N2[C@@H]3CNC[C@H]2C3c2ccc(-c3ccccc3C)cc2)cc1. The van der Waals surface area contributed by atoms with Crippen molar-refractivity contribution in [2.24, 2.45) is 0 Å². The number of nitrogens with zero attached hydrogens (tertiary/aromatic N) is 1. The lowest BCUT2D eigenvalue weighted by Crippen LogP contribution is -2.74. The number of nitrogens with one attached hydrogen (secondary N) is 2. The Hall–Kier alpha value is -3.31. The van der Waals surface area contributed by atoms with Gasteiger partial charge in [-0.15, -0.1) is 0 Å². The zero-order valence-electron chi connectivity index (χ0n) is 17.8. The third-order valence-corrected chi connectivity index (χ3v) is 6.58. The maximum Gasteiger partial charge on any atom is 0.322 e. The van der Waals surface area contributed by atoms with Gasteiger partial charge in [0.1, 0.15) is 5.75 Å². The van der Waals surface area contributed by atoms with E-state index >= 15 is 0 Å². The van der Waals surface area contributed by atoms with Crippen molar-refractivity contribution in [3.63, 3.8) is 0 Å². The van der Waals surface area contributed by atoms with Crippen LogP contribution in [0.5, 0.6) is 5.75 Å². The van der Waals surface area contributed by atoms with Gasteiger partial charge in [-0.1, -0.05) is 48.5 Å². The summed E-state index contributed by atoms with van der Waals surface area (Å²) in [6.45, 7) is 3.78. The fourth-order valence-electron chi connectivity index (χ4n) is 4.97. The Morgan fingerprint density at radius 1 is 0.968 bits per heavy atom. The number of anilines is 1. The Kier molecular flexibility index (Phi) is 5.12. The number of rotatable bonds is 4. The van der Waals surface area contributed by atoms with Crippen molar-refractivity contribution >= 4 is 11.7 Å². The minimum Gasteiger partial charge on any atom is -0.497 e. The molecule has 1 unspecified atom stereocenters. The van der Waals surface area contributed by atoms with Gasteiger partial charge in [0, 0.05) is 24.7 Å². The first-order valence-electron chi connectivity index (χ1n) is 10.8. The van der Waals surface area contributed by atoms with E-state index in [1.165, 1.54) is 22.3 Å². The Balaban J connectivity index is 1.31. The Labute approximate surface area is 183 Å². The number of hydrogen-bond donors (Lipinski definition) is 2. The number of methoxy groups -OCH3 is 1. The summed E-state index contributed by atoms with van der Waals surface area (Å²) in [6, 6.07) is 25.1. The van der Waals surface area contributed by atoms with Crippen LogP contribution in [0.1, 0.15) is 17.0 Å². The molecule has 3 aromatic carbocycles. The van der Waals surface area contributed by atoms with Gasteiger partial charge in [-0.05, 0) is 53.4 Å². The lowest BCUT2D eigenvalue weighted by atomic mass is 9.72. The Bertz CT molecular complexity index is 1070. The minimum absolute atomic E-state index is 0.0329. The van der Waals surface area contributed by atoms with Crippen molar-refractivity contribution in [1.82, 2.24) is 10.2 Å². The van der Waals surface area contributed by atoms with Crippen molar-refractivity contribution in [3.8, 4) is 16.9 Å². The molecule has 0 radical (unpaired) electrons. The molecule has 31 heavy (non-hydrogen) atoms. The van der Waals surface area contributed by atoms with Gasteiger partial charge in [-0.25, -0.2) is 4.79 Å². The summed E-state index contributed by atoms with van der Waals surface area (Å²) in [7, 11) is 1.63. The van der Waals surface area contributed by atoms with Gasteiger partial charge < -0.3 is 20.3 Å². The van der Waals surface area contributed by atoms with Crippen LogP contribution >= 0.6 is 0 Å². The number of urea groups is 1. The summed E-state index contributed by atoms with van der Waals surface area (Å²) < 4.78 is 5.19. The van der Waals surface area contributed by atoms with Crippen LogP contribution in [0, 0.1) is 6.92 Å². The standard InChI is InChI=1S/C26H27N3O2/c1-17-5-3-4-6-22(17)18-7-9-19(10-8-18)25-23-15-27-16-24(25)29(23)26(30)28-20-11-13-21(31-2)14-12-20/h3-14,23-25,27H,15-16H2,1-2H3,(H,28,30)/t23-,24+,25?. The van der Waals surface area contributed by atoms with Crippen LogP contribution in [0.2, 0.25) is 0 Å². The van der Waals surface area contributed by atoms with Crippen LogP contribution in [0.15, 0.2) is 72.8 Å². The first kappa shape index (κ1) is 19.6. The first-order valence-corrected chi connectivity index (χ1v) is 10.8. The van der Waals surface area contributed by atoms with Crippen LogP contribution in [0.25, 0.3) is 11.1 Å². The van der Waals surface area contributed by atoms with Gasteiger partial charge in [-0.3, -0.25) is 0 Å². The number of benzene rings is 3. The quantitative estimate of drug-likeness (QED) is 0.655. The van der Waals surface area contributed by atoms with Gasteiger partial charge in [0.25, 0.3) is 0 Å². The smallest absolute Gasteiger partial charge is 0.322 e. The maximum atomic E-state index is 13.0. The number of piperidine rings is 1. The molecular weight excluding hydrogens is 386 g/mol. The maximum absolute atomic E-state index is 13.0. The van der Waals surface area contributed by atoms with E-state index in [1.54, 1.807) is 7.11 Å². The summed E-state index contributed by atoms with van der Waals surface area (Å²) >= 11 is 0. The number of amides is 2. The highest BCUT2D eigenvalue weighted by Gasteiger charge is 2.53. The average Bonchev–Trinajstić information content (AvgIpc) is 2.81. The Morgan fingerprint density at radius 2 is 1.65 bits per heavy atom. The summed E-state index contributed by atoms with van der Waals surface area (Å²) in [5.74, 6) is 1.14. The molecule has 2 heterocycles. The second kappa shape index (κ2) is 8.08. The molecule has 5 heteroatoms. The normalized spacial score (nSPS) is 21.9. The summed E-state index contributed by atoms with van der Waals surface area (Å²) in [5.41, 5.74) is 5.87. The number of ether oxygens (including phenoxy) is 1. The summed E-state index contributed by atoms with van der Waals surface area (Å²) in [4.78, 5) is 15.0. The fraction of sp³-hybridized carbons (Fsp3) is 0.269. The zero-order valence-corrected chi connectivity index (χ0v) is 17.8. The number of carbonyl (C=O) groups excluding carboxylic acids is 1. The van der Waals surface area contributed by atoms with Gasteiger partial charge in [0.2, 0.25) is 0 Å². The van der Waals surface area contributed by atoms with Gasteiger partial charge in [0.15, 0.2) is 0 Å². The lowest BCUT2D eigenvalue weighted by molar-refractivity contribution is 0.00202. The van der Waals surface area contributed by atoms with Crippen LogP contribution in [-0.4, -0.2) is 43.2 Å². The van der Waals surface area contributed by atoms with E-state index in [4.69, 9.17) is 4.74 Å². The molecule has 0 aliphatic carbocycles. The number of hydrogen-bond acceptors (Lipinski definition) is 3. The van der Waals surface area contributed by atoms with E-state index in [-0.39, 0.29) is 18.1 Å². The Morgan fingerprint density at radius 3 is 2.29 bits per heavy atom. The number of aryl methyl sites for hydroxylation is 1. The van der Waals surface area contributed by atoms with E-state index in [0.717, 1.165) is 24.5 Å². The van der Waals surface area contributed by atoms with E-state index < -0.39 is 0 Å². The minimum atomic E-state index is -0.0329. The average molecular weight is 414 g/mol. The molecule has 2 aliphatic rings. The van der Waals surface area contributed by atoms with Crippen LogP contribution in [0.4, 0.5) is 10.5 Å². The van der Waals surface area contributed by atoms with Crippen molar-refractivity contribution in [3.05, 3.63) is 83.9 Å².